The van der Waals surface area contributed by atoms with E-state index in [0.717, 1.165) is 17.5 Å². The summed E-state index contributed by atoms with van der Waals surface area (Å²) in [5, 5.41) is 6.47. The summed E-state index contributed by atoms with van der Waals surface area (Å²) in [5.74, 6) is 0. The minimum atomic E-state index is 0.631. The Morgan fingerprint density at radius 1 is 1.58 bits per heavy atom. The number of aromatic nitrogens is 3. The van der Waals surface area contributed by atoms with Gasteiger partial charge in [-0.15, -0.1) is 0 Å². The summed E-state index contributed by atoms with van der Waals surface area (Å²) < 4.78 is 4.08. The molecule has 0 bridgehead atoms. The van der Waals surface area contributed by atoms with Crippen molar-refractivity contribution in [2.45, 2.75) is 0 Å². The highest BCUT2D eigenvalue weighted by atomic mass is 32.1. The van der Waals surface area contributed by atoms with E-state index in [0.29, 0.717) is 4.88 Å². The highest BCUT2D eigenvalue weighted by Gasteiger charge is 2.03. The Morgan fingerprint density at radius 3 is 3.08 bits per heavy atom. The largest absolute Gasteiger partial charge is 0.297 e. The molecule has 0 atom stereocenters. The predicted octanol–water partition coefficient (Wildman–Crippen LogP) is 1.35. The van der Waals surface area contributed by atoms with Crippen molar-refractivity contribution in [1.82, 2.24) is 14.6 Å². The molecule has 0 amide bonds. The number of nitrogens with one attached hydrogen (secondary N) is 1. The fraction of sp³-hybridized carbons (Fsp3) is 0. The minimum absolute atomic E-state index is 0.631. The van der Waals surface area contributed by atoms with E-state index in [1.54, 1.807) is 18.5 Å². The van der Waals surface area contributed by atoms with Gasteiger partial charge in [0.05, 0.1) is 16.8 Å². The summed E-state index contributed by atoms with van der Waals surface area (Å²) >= 11 is 1.19. The van der Waals surface area contributed by atoms with E-state index >= 15 is 0 Å². The van der Waals surface area contributed by atoms with Gasteiger partial charge in [0, 0.05) is 11.8 Å². The normalized spacial score (nSPS) is 10.0. The Hall–Kier alpha value is -1.49. The van der Waals surface area contributed by atoms with Crippen LogP contribution in [0, 0.1) is 0 Å². The van der Waals surface area contributed by atoms with Crippen LogP contribution in [0.1, 0.15) is 9.67 Å². The Morgan fingerprint density at radius 2 is 2.50 bits per heavy atom. The lowest BCUT2D eigenvalue weighted by Crippen LogP contribution is -1.69. The van der Waals surface area contributed by atoms with E-state index in [1.807, 2.05) is 0 Å². The molecular weight excluding hydrogens is 174 g/mol. The van der Waals surface area contributed by atoms with Gasteiger partial charge in [-0.3, -0.25) is 9.89 Å². The number of aldehydes is 1. The molecule has 2 aromatic heterocycles. The topological polar surface area (TPSA) is 58.6 Å². The first-order valence-electron chi connectivity index (χ1n) is 3.31. The molecule has 0 aromatic carbocycles. The van der Waals surface area contributed by atoms with Crippen molar-refractivity contribution in [3.8, 4) is 11.3 Å². The lowest BCUT2D eigenvalue weighted by Gasteiger charge is -1.82. The van der Waals surface area contributed by atoms with Crippen LogP contribution < -0.4 is 0 Å². The van der Waals surface area contributed by atoms with Crippen molar-refractivity contribution in [3.63, 3.8) is 0 Å². The molecule has 5 heteroatoms. The highest BCUT2D eigenvalue weighted by molar-refractivity contribution is 7.07. The first-order chi connectivity index (χ1) is 5.90. The zero-order valence-corrected chi connectivity index (χ0v) is 6.84. The van der Waals surface area contributed by atoms with E-state index in [9.17, 15) is 4.79 Å². The summed E-state index contributed by atoms with van der Waals surface area (Å²) in [4.78, 5) is 11.0. The molecular formula is C7H5N3OS. The van der Waals surface area contributed by atoms with Gasteiger partial charge in [-0.2, -0.15) is 9.47 Å². The summed E-state index contributed by atoms with van der Waals surface area (Å²) in [5.41, 5.74) is 1.69. The average Bonchev–Trinajstić information content (AvgIpc) is 2.75. The van der Waals surface area contributed by atoms with Crippen LogP contribution in [-0.2, 0) is 0 Å². The van der Waals surface area contributed by atoms with Gasteiger partial charge in [-0.25, -0.2) is 0 Å². The third-order valence-corrected chi connectivity index (χ3v) is 2.15. The molecule has 0 radical (unpaired) electrons. The third-order valence-electron chi connectivity index (χ3n) is 1.44. The maximum absolute atomic E-state index is 10.3. The monoisotopic (exact) mass is 179 g/mol. The Bertz CT molecular complexity index is 379. The predicted molar refractivity (Wildman–Crippen MR) is 45.1 cm³/mol. The SMILES string of the molecule is O=Cc1cc(-c2cn[nH]c2)ns1. The number of rotatable bonds is 2. The Labute approximate surface area is 72.4 Å². The van der Waals surface area contributed by atoms with E-state index in [2.05, 4.69) is 14.6 Å². The maximum atomic E-state index is 10.3. The maximum Gasteiger partial charge on any atom is 0.161 e. The molecule has 2 aromatic rings. The van der Waals surface area contributed by atoms with Crippen molar-refractivity contribution in [1.29, 1.82) is 0 Å². The fourth-order valence-electron chi connectivity index (χ4n) is 0.872. The van der Waals surface area contributed by atoms with E-state index in [4.69, 9.17) is 0 Å². The molecule has 0 saturated heterocycles. The number of H-pyrrole nitrogens is 1. The molecule has 2 rings (SSSR count). The number of carbonyl (C=O) groups excluding carboxylic acids is 1. The second kappa shape index (κ2) is 2.86. The van der Waals surface area contributed by atoms with Crippen LogP contribution in [0.5, 0.6) is 0 Å². The van der Waals surface area contributed by atoms with Crippen molar-refractivity contribution in [2.75, 3.05) is 0 Å². The van der Waals surface area contributed by atoms with Crippen LogP contribution in [0.4, 0.5) is 0 Å². The first-order valence-corrected chi connectivity index (χ1v) is 4.08. The summed E-state index contributed by atoms with van der Waals surface area (Å²) in [7, 11) is 0. The quantitative estimate of drug-likeness (QED) is 0.708. The van der Waals surface area contributed by atoms with Gasteiger partial charge in [0.1, 0.15) is 0 Å². The van der Waals surface area contributed by atoms with Crippen molar-refractivity contribution < 1.29 is 4.79 Å². The number of nitrogens with zero attached hydrogens (tertiary/aromatic N) is 2. The van der Waals surface area contributed by atoms with Crippen LogP contribution >= 0.6 is 11.5 Å². The van der Waals surface area contributed by atoms with Crippen LogP contribution in [-0.4, -0.2) is 20.9 Å². The van der Waals surface area contributed by atoms with Crippen LogP contribution in [0.3, 0.4) is 0 Å². The summed E-state index contributed by atoms with van der Waals surface area (Å²) in [6.07, 6.45) is 4.20. The molecule has 0 fully saturated rings. The molecule has 4 nitrogen and oxygen atoms in total. The molecule has 0 aliphatic rings. The molecule has 0 unspecified atom stereocenters. The van der Waals surface area contributed by atoms with E-state index in [1.165, 1.54) is 11.5 Å². The van der Waals surface area contributed by atoms with Crippen molar-refractivity contribution >= 4 is 17.8 Å². The smallest absolute Gasteiger partial charge is 0.161 e. The Balaban J connectivity index is 2.41. The standard InChI is InChI=1S/C7H5N3OS/c11-4-6-1-7(10-12-6)5-2-8-9-3-5/h1-4H,(H,8,9). The molecule has 2 heterocycles. The van der Waals surface area contributed by atoms with Crippen LogP contribution in [0.15, 0.2) is 18.5 Å². The molecule has 60 valence electrons. The molecule has 0 aliphatic heterocycles. The van der Waals surface area contributed by atoms with Gasteiger partial charge in [-0.1, -0.05) is 0 Å². The van der Waals surface area contributed by atoms with Crippen LogP contribution in [0.25, 0.3) is 11.3 Å². The van der Waals surface area contributed by atoms with Gasteiger partial charge < -0.3 is 0 Å². The molecule has 12 heavy (non-hydrogen) atoms. The lowest BCUT2D eigenvalue weighted by molar-refractivity contribution is 0.112. The Kier molecular flexibility index (Phi) is 1.71. The first kappa shape index (κ1) is 7.17. The van der Waals surface area contributed by atoms with Gasteiger partial charge in [-0.05, 0) is 17.6 Å². The van der Waals surface area contributed by atoms with Gasteiger partial charge in [0.2, 0.25) is 0 Å². The van der Waals surface area contributed by atoms with Crippen molar-refractivity contribution in [3.05, 3.63) is 23.3 Å². The number of hydrogen-bond donors (Lipinski definition) is 1. The number of hydrogen-bond acceptors (Lipinski definition) is 4. The average molecular weight is 179 g/mol. The molecule has 0 saturated carbocycles. The van der Waals surface area contributed by atoms with Gasteiger partial charge >= 0.3 is 0 Å². The molecule has 0 spiro atoms. The highest BCUT2D eigenvalue weighted by Crippen LogP contribution is 2.18. The second-order valence-electron chi connectivity index (χ2n) is 2.22. The van der Waals surface area contributed by atoms with Gasteiger partial charge in [0.25, 0.3) is 0 Å². The van der Waals surface area contributed by atoms with Crippen molar-refractivity contribution in [2.24, 2.45) is 0 Å². The van der Waals surface area contributed by atoms with Crippen LogP contribution in [0.2, 0.25) is 0 Å². The zero-order valence-electron chi connectivity index (χ0n) is 6.02. The molecule has 0 aliphatic carbocycles. The fourth-order valence-corrected chi connectivity index (χ4v) is 1.44. The lowest BCUT2D eigenvalue weighted by atomic mass is 10.2. The van der Waals surface area contributed by atoms with Gasteiger partial charge in [0.15, 0.2) is 6.29 Å². The number of carbonyl (C=O) groups is 1. The second-order valence-corrected chi connectivity index (χ2v) is 3.06. The number of aromatic amines is 1. The summed E-state index contributed by atoms with van der Waals surface area (Å²) in [6.45, 7) is 0. The van der Waals surface area contributed by atoms with E-state index in [-0.39, 0.29) is 0 Å². The minimum Gasteiger partial charge on any atom is -0.297 e. The molecule has 1 N–H and O–H groups in total. The third kappa shape index (κ3) is 1.14. The van der Waals surface area contributed by atoms with E-state index < -0.39 is 0 Å². The zero-order chi connectivity index (χ0) is 8.39. The summed E-state index contributed by atoms with van der Waals surface area (Å²) in [6, 6.07) is 1.74.